The van der Waals surface area contributed by atoms with Gasteiger partial charge >= 0.3 is 0 Å². The van der Waals surface area contributed by atoms with E-state index in [0.717, 1.165) is 19.3 Å². The quantitative estimate of drug-likeness (QED) is 0.477. The van der Waals surface area contributed by atoms with Crippen LogP contribution in [0, 0.1) is 0 Å². The SMILES string of the molecule is CCCN1CCCCN(S(=O)(=O)c2ccc(Cl)cc2Cl)[C@@H]2CCCC[C@@H]2Oc2ccccc2C1=O. The second-order valence-electron chi connectivity index (χ2n) is 9.19. The molecule has 1 heterocycles. The van der Waals surface area contributed by atoms with Gasteiger partial charge in [-0.15, -0.1) is 0 Å². The second kappa shape index (κ2) is 11.5. The van der Waals surface area contributed by atoms with Crippen LogP contribution in [-0.4, -0.2) is 55.3 Å². The maximum atomic E-state index is 13.9. The molecule has 190 valence electrons. The summed E-state index contributed by atoms with van der Waals surface area (Å²) in [7, 11) is -3.90. The first-order chi connectivity index (χ1) is 16.8. The van der Waals surface area contributed by atoms with Crippen molar-refractivity contribution in [3.05, 3.63) is 58.1 Å². The number of halogens is 2. The number of carbonyl (C=O) groups excluding carboxylic acids is 1. The van der Waals surface area contributed by atoms with Crippen LogP contribution < -0.4 is 4.74 Å². The van der Waals surface area contributed by atoms with Crippen molar-refractivity contribution >= 4 is 39.1 Å². The zero-order valence-corrected chi connectivity index (χ0v) is 22.3. The van der Waals surface area contributed by atoms with Gasteiger partial charge in [0.05, 0.1) is 16.6 Å². The average Bonchev–Trinajstić information content (AvgIpc) is 2.83. The molecule has 1 aliphatic carbocycles. The van der Waals surface area contributed by atoms with E-state index in [0.29, 0.717) is 61.7 Å². The highest BCUT2D eigenvalue weighted by atomic mass is 35.5. The van der Waals surface area contributed by atoms with E-state index < -0.39 is 10.0 Å². The number of sulfonamides is 1. The summed E-state index contributed by atoms with van der Waals surface area (Å²) in [5, 5.41) is 0.501. The van der Waals surface area contributed by atoms with Gasteiger partial charge in [0, 0.05) is 24.7 Å². The van der Waals surface area contributed by atoms with Crippen molar-refractivity contribution in [2.45, 2.75) is 68.9 Å². The van der Waals surface area contributed by atoms with Crippen LogP contribution in [0.15, 0.2) is 47.4 Å². The highest BCUT2D eigenvalue weighted by molar-refractivity contribution is 7.89. The van der Waals surface area contributed by atoms with E-state index >= 15 is 0 Å². The Bertz CT molecular complexity index is 1160. The van der Waals surface area contributed by atoms with Gasteiger partial charge in [-0.05, 0) is 68.9 Å². The lowest BCUT2D eigenvalue weighted by atomic mass is 9.92. The number of hydrogen-bond donors (Lipinski definition) is 0. The molecule has 0 radical (unpaired) electrons. The summed E-state index contributed by atoms with van der Waals surface area (Å²) in [5.74, 6) is 0.478. The number of amides is 1. The fourth-order valence-electron chi connectivity index (χ4n) is 5.05. The number of ether oxygens (including phenoxy) is 1. The number of rotatable bonds is 4. The molecular weight excluding hydrogens is 507 g/mol. The van der Waals surface area contributed by atoms with E-state index in [2.05, 4.69) is 0 Å². The summed E-state index contributed by atoms with van der Waals surface area (Å²) in [6.07, 6.45) is 5.06. The van der Waals surface area contributed by atoms with Crippen molar-refractivity contribution in [3.8, 4) is 5.75 Å². The van der Waals surface area contributed by atoms with Crippen molar-refractivity contribution in [1.82, 2.24) is 9.21 Å². The Kier molecular flexibility index (Phi) is 8.63. The average molecular weight is 540 g/mol. The zero-order chi connectivity index (χ0) is 25.0. The Morgan fingerprint density at radius 3 is 2.51 bits per heavy atom. The highest BCUT2D eigenvalue weighted by Crippen LogP contribution is 2.35. The van der Waals surface area contributed by atoms with Gasteiger partial charge in [0.15, 0.2) is 0 Å². The second-order valence-corrected chi connectivity index (χ2v) is 11.9. The summed E-state index contributed by atoms with van der Waals surface area (Å²) in [6.45, 7) is 3.58. The third-order valence-corrected chi connectivity index (χ3v) is 9.39. The van der Waals surface area contributed by atoms with Gasteiger partial charge in [0.2, 0.25) is 10.0 Å². The van der Waals surface area contributed by atoms with E-state index in [1.54, 1.807) is 16.4 Å². The summed E-state index contributed by atoms with van der Waals surface area (Å²) in [5.41, 5.74) is 0.529. The number of carbonyl (C=O) groups is 1. The van der Waals surface area contributed by atoms with Crippen molar-refractivity contribution < 1.29 is 17.9 Å². The van der Waals surface area contributed by atoms with Crippen LogP contribution >= 0.6 is 23.2 Å². The fraction of sp³-hybridized carbons (Fsp3) is 0.500. The third-order valence-electron chi connectivity index (χ3n) is 6.75. The topological polar surface area (TPSA) is 66.9 Å². The van der Waals surface area contributed by atoms with Crippen molar-refractivity contribution in [3.63, 3.8) is 0 Å². The Balaban J connectivity index is 1.76. The lowest BCUT2D eigenvalue weighted by molar-refractivity contribution is 0.0636. The number of para-hydroxylation sites is 1. The molecule has 0 spiro atoms. The van der Waals surface area contributed by atoms with Crippen LogP contribution in [0.4, 0.5) is 0 Å². The van der Waals surface area contributed by atoms with Gasteiger partial charge < -0.3 is 9.64 Å². The number of fused-ring (bicyclic) bond motifs is 2. The molecule has 0 N–H and O–H groups in total. The first-order valence-corrected chi connectivity index (χ1v) is 14.5. The van der Waals surface area contributed by atoms with Gasteiger partial charge in [0.25, 0.3) is 5.91 Å². The molecule has 2 aromatic carbocycles. The van der Waals surface area contributed by atoms with Gasteiger partial charge in [0.1, 0.15) is 16.7 Å². The van der Waals surface area contributed by atoms with E-state index in [1.807, 2.05) is 30.0 Å². The molecule has 0 saturated heterocycles. The van der Waals surface area contributed by atoms with E-state index in [4.69, 9.17) is 27.9 Å². The lowest BCUT2D eigenvalue weighted by Gasteiger charge is -2.40. The predicted octanol–water partition coefficient (Wildman–Crippen LogP) is 6.02. The molecule has 1 fully saturated rings. The van der Waals surface area contributed by atoms with Crippen LogP contribution in [0.5, 0.6) is 5.75 Å². The largest absolute Gasteiger partial charge is 0.488 e. The molecule has 35 heavy (non-hydrogen) atoms. The minimum Gasteiger partial charge on any atom is -0.488 e. The molecule has 2 aromatic rings. The monoisotopic (exact) mass is 538 g/mol. The Morgan fingerprint density at radius 1 is 1.00 bits per heavy atom. The van der Waals surface area contributed by atoms with Gasteiger partial charge in [-0.3, -0.25) is 4.79 Å². The smallest absolute Gasteiger partial charge is 0.257 e. The third kappa shape index (κ3) is 5.79. The minimum absolute atomic E-state index is 0.0344. The van der Waals surface area contributed by atoms with Crippen molar-refractivity contribution in [2.75, 3.05) is 19.6 Å². The molecule has 1 saturated carbocycles. The number of benzene rings is 2. The van der Waals surface area contributed by atoms with Crippen molar-refractivity contribution in [1.29, 1.82) is 0 Å². The van der Waals surface area contributed by atoms with Crippen LogP contribution in [0.3, 0.4) is 0 Å². The zero-order valence-electron chi connectivity index (χ0n) is 20.0. The summed E-state index contributed by atoms with van der Waals surface area (Å²) >= 11 is 12.4. The fourth-order valence-corrected chi connectivity index (χ4v) is 7.52. The summed E-state index contributed by atoms with van der Waals surface area (Å²) in [4.78, 5) is 15.3. The summed E-state index contributed by atoms with van der Waals surface area (Å²) in [6, 6.07) is 11.4. The van der Waals surface area contributed by atoms with Crippen LogP contribution in [0.25, 0.3) is 0 Å². The lowest BCUT2D eigenvalue weighted by Crippen LogP contribution is -2.51. The molecule has 2 aliphatic rings. The molecule has 0 bridgehead atoms. The van der Waals surface area contributed by atoms with Crippen LogP contribution in [-0.2, 0) is 10.0 Å². The molecule has 6 nitrogen and oxygen atoms in total. The van der Waals surface area contributed by atoms with Crippen LogP contribution in [0.2, 0.25) is 10.0 Å². The molecule has 2 atom stereocenters. The van der Waals surface area contributed by atoms with Gasteiger partial charge in [-0.2, -0.15) is 4.31 Å². The molecule has 0 unspecified atom stereocenters. The van der Waals surface area contributed by atoms with E-state index in [1.165, 1.54) is 12.1 Å². The standard InChI is InChI=1S/C26H32Cl2N2O4S/c1-2-15-29-16-7-8-17-30(35(32,33)25-14-13-19(27)18-21(25)28)22-10-4-6-12-24(22)34-23-11-5-3-9-20(23)26(29)31/h3,5,9,11,13-14,18,22,24H,2,4,6-8,10,12,15-17H2,1H3/t22-,24+/m1/s1. The Hall–Kier alpha value is -1.80. The highest BCUT2D eigenvalue weighted by Gasteiger charge is 2.40. The molecule has 4 rings (SSSR count). The molecule has 1 amide bonds. The van der Waals surface area contributed by atoms with Gasteiger partial charge in [-0.1, -0.05) is 48.7 Å². The summed E-state index contributed by atoms with van der Waals surface area (Å²) < 4.78 is 35.9. The first-order valence-electron chi connectivity index (χ1n) is 12.3. The first kappa shape index (κ1) is 26.3. The maximum absolute atomic E-state index is 13.9. The minimum atomic E-state index is -3.90. The number of hydrogen-bond acceptors (Lipinski definition) is 4. The Labute approximate surface area is 218 Å². The van der Waals surface area contributed by atoms with Gasteiger partial charge in [-0.25, -0.2) is 8.42 Å². The van der Waals surface area contributed by atoms with E-state index in [-0.39, 0.29) is 28.0 Å². The molecule has 1 aliphatic heterocycles. The Morgan fingerprint density at radius 2 is 1.74 bits per heavy atom. The molecular formula is C26H32Cl2N2O4S. The molecule has 0 aromatic heterocycles. The normalized spacial score (nSPS) is 22.4. The van der Waals surface area contributed by atoms with Crippen molar-refractivity contribution in [2.24, 2.45) is 0 Å². The van der Waals surface area contributed by atoms with E-state index in [9.17, 15) is 13.2 Å². The maximum Gasteiger partial charge on any atom is 0.257 e. The predicted molar refractivity (Wildman–Crippen MR) is 139 cm³/mol. The molecule has 9 heteroatoms. The number of nitrogens with zero attached hydrogens (tertiary/aromatic N) is 2. The van der Waals surface area contributed by atoms with Crippen LogP contribution in [0.1, 0.15) is 62.2 Å².